The molecule has 0 unspecified atom stereocenters. The van der Waals surface area contributed by atoms with Crippen molar-refractivity contribution in [2.75, 3.05) is 0 Å². The second kappa shape index (κ2) is 9.94. The maximum atomic E-state index is 13.2. The summed E-state index contributed by atoms with van der Waals surface area (Å²) in [6.07, 6.45) is 7.26. The Hall–Kier alpha value is -3.98. The van der Waals surface area contributed by atoms with Gasteiger partial charge in [0, 0.05) is 29.7 Å². The van der Waals surface area contributed by atoms with Crippen molar-refractivity contribution in [3.05, 3.63) is 89.9 Å². The van der Waals surface area contributed by atoms with Gasteiger partial charge in [0.1, 0.15) is 0 Å². The van der Waals surface area contributed by atoms with Gasteiger partial charge in [-0.05, 0) is 60.9 Å². The summed E-state index contributed by atoms with van der Waals surface area (Å²) in [6.45, 7) is 0.200. The van der Waals surface area contributed by atoms with Crippen molar-refractivity contribution in [2.24, 2.45) is 0 Å². The molecule has 2 N–H and O–H groups in total. The second-order valence-corrected chi connectivity index (χ2v) is 10.8. The molecule has 9 heteroatoms. The molecule has 2 heterocycles. The molecule has 184 valence electrons. The molecule has 2 aromatic heterocycles. The number of nitrogens with zero attached hydrogens (tertiary/aromatic N) is 1. The number of benzene rings is 2. The quantitative estimate of drug-likeness (QED) is 0.389. The number of hydrogen-bond donors (Lipinski definition) is 2. The minimum Gasteiger partial charge on any atom is -0.449 e. The minimum absolute atomic E-state index is 0.0574. The summed E-state index contributed by atoms with van der Waals surface area (Å²) in [6, 6.07) is 15.9. The molecule has 0 aliphatic heterocycles. The molecule has 0 bridgehead atoms. The molecule has 1 aliphatic rings. The third-order valence-corrected chi connectivity index (χ3v) is 8.10. The lowest BCUT2D eigenvalue weighted by atomic mass is 10.2. The molecule has 8 nitrogen and oxygen atoms in total. The Bertz CT molecular complexity index is 1490. The van der Waals surface area contributed by atoms with Crippen molar-refractivity contribution < 1.29 is 22.4 Å². The van der Waals surface area contributed by atoms with Gasteiger partial charge in [0.05, 0.1) is 16.0 Å². The van der Waals surface area contributed by atoms with Crippen molar-refractivity contribution in [1.82, 2.24) is 15.6 Å². The van der Waals surface area contributed by atoms with Gasteiger partial charge in [-0.25, -0.2) is 8.42 Å². The third kappa shape index (κ3) is 5.01. The summed E-state index contributed by atoms with van der Waals surface area (Å²) >= 11 is 0. The van der Waals surface area contributed by atoms with Gasteiger partial charge in [-0.3, -0.25) is 14.6 Å². The molecule has 1 fully saturated rings. The van der Waals surface area contributed by atoms with Crippen molar-refractivity contribution in [3.63, 3.8) is 0 Å². The van der Waals surface area contributed by atoms with E-state index in [0.717, 1.165) is 36.6 Å². The summed E-state index contributed by atoms with van der Waals surface area (Å²) in [5, 5.41) is 6.54. The number of carbonyl (C=O) groups is 2. The Morgan fingerprint density at radius 1 is 0.944 bits per heavy atom. The lowest BCUT2D eigenvalue weighted by Gasteiger charge is -2.13. The second-order valence-electron chi connectivity index (χ2n) is 8.84. The summed E-state index contributed by atoms with van der Waals surface area (Å²) in [7, 11) is -3.82. The van der Waals surface area contributed by atoms with Gasteiger partial charge < -0.3 is 15.1 Å². The number of nitrogens with one attached hydrogen (secondary N) is 2. The summed E-state index contributed by atoms with van der Waals surface area (Å²) < 4.78 is 31.9. The molecular weight excluding hydrogens is 478 g/mol. The fourth-order valence-corrected chi connectivity index (χ4v) is 5.64. The van der Waals surface area contributed by atoms with E-state index in [2.05, 4.69) is 15.6 Å². The van der Waals surface area contributed by atoms with Gasteiger partial charge in [0.15, 0.2) is 11.3 Å². The van der Waals surface area contributed by atoms with Crippen molar-refractivity contribution in [1.29, 1.82) is 0 Å². The fourth-order valence-electron chi connectivity index (χ4n) is 4.33. The number of carbonyl (C=O) groups excluding carboxylic acids is 2. The van der Waals surface area contributed by atoms with E-state index in [1.807, 2.05) is 0 Å². The monoisotopic (exact) mass is 503 g/mol. The van der Waals surface area contributed by atoms with Gasteiger partial charge in [0.25, 0.3) is 11.8 Å². The molecule has 5 rings (SSSR count). The van der Waals surface area contributed by atoms with Crippen molar-refractivity contribution in [2.45, 2.75) is 48.1 Å². The van der Waals surface area contributed by atoms with Crippen LogP contribution in [0.1, 0.15) is 52.2 Å². The molecule has 4 aromatic rings. The normalized spacial score (nSPS) is 14.1. The number of rotatable bonds is 7. The summed E-state index contributed by atoms with van der Waals surface area (Å²) in [5.74, 6) is -0.463. The van der Waals surface area contributed by atoms with Gasteiger partial charge >= 0.3 is 0 Å². The Balaban J connectivity index is 1.25. The Morgan fingerprint density at radius 2 is 1.72 bits per heavy atom. The van der Waals surface area contributed by atoms with Gasteiger partial charge in [-0.1, -0.05) is 31.0 Å². The number of furan rings is 1. The Kier molecular flexibility index (Phi) is 6.56. The van der Waals surface area contributed by atoms with Crippen LogP contribution < -0.4 is 10.6 Å². The molecule has 0 atom stereocenters. The topological polar surface area (TPSA) is 118 Å². The highest BCUT2D eigenvalue weighted by Gasteiger charge is 2.22. The van der Waals surface area contributed by atoms with Crippen LogP contribution in [0.2, 0.25) is 0 Å². The van der Waals surface area contributed by atoms with Crippen LogP contribution >= 0.6 is 0 Å². The molecule has 36 heavy (non-hydrogen) atoms. The predicted octanol–water partition coefficient (Wildman–Crippen LogP) is 4.26. The fraction of sp³-hybridized carbons (Fsp3) is 0.222. The van der Waals surface area contributed by atoms with E-state index >= 15 is 0 Å². The van der Waals surface area contributed by atoms with E-state index in [1.54, 1.807) is 48.8 Å². The molecular formula is C27H25N3O5S. The highest BCUT2D eigenvalue weighted by Crippen LogP contribution is 2.23. The minimum atomic E-state index is -3.82. The molecule has 1 saturated carbocycles. The standard InChI is InChI=1S/C27H25N3O5S/c31-26(30-21-5-1-2-6-21)20-4-3-7-23(14-20)36(33,34)22-10-8-18(9-11-22)16-29-27(32)24-15-19-12-13-28-17-25(19)35-24/h3-4,7-15,17,21H,1-2,5-6,16H2,(H,29,32)(H,30,31). The maximum absolute atomic E-state index is 13.2. The number of aromatic nitrogens is 1. The van der Waals surface area contributed by atoms with Gasteiger partial charge in [-0.2, -0.15) is 0 Å². The smallest absolute Gasteiger partial charge is 0.287 e. The van der Waals surface area contributed by atoms with E-state index in [4.69, 9.17) is 4.42 Å². The number of amides is 2. The zero-order valence-electron chi connectivity index (χ0n) is 19.4. The summed E-state index contributed by atoms with van der Waals surface area (Å²) in [4.78, 5) is 29.2. The zero-order valence-corrected chi connectivity index (χ0v) is 20.3. The maximum Gasteiger partial charge on any atom is 0.287 e. The van der Waals surface area contributed by atoms with Gasteiger partial charge in [0.2, 0.25) is 9.84 Å². The Morgan fingerprint density at radius 3 is 2.47 bits per heavy atom. The lowest BCUT2D eigenvalue weighted by Crippen LogP contribution is -2.32. The van der Waals surface area contributed by atoms with Gasteiger partial charge in [-0.15, -0.1) is 0 Å². The number of hydrogen-bond acceptors (Lipinski definition) is 6. The molecule has 0 spiro atoms. The van der Waals surface area contributed by atoms with Crippen LogP contribution in [-0.4, -0.2) is 31.3 Å². The highest BCUT2D eigenvalue weighted by atomic mass is 32.2. The first-order valence-electron chi connectivity index (χ1n) is 11.8. The molecule has 2 aromatic carbocycles. The predicted molar refractivity (Wildman–Crippen MR) is 133 cm³/mol. The number of fused-ring (bicyclic) bond motifs is 1. The first kappa shape index (κ1) is 23.7. The van der Waals surface area contributed by atoms with Crippen LogP contribution in [0.25, 0.3) is 11.0 Å². The van der Waals surface area contributed by atoms with E-state index in [9.17, 15) is 18.0 Å². The number of pyridine rings is 1. The Labute approximate surface area is 208 Å². The van der Waals surface area contributed by atoms with Crippen LogP contribution in [0.4, 0.5) is 0 Å². The van der Waals surface area contributed by atoms with E-state index in [-0.39, 0.29) is 40.0 Å². The van der Waals surface area contributed by atoms with Crippen LogP contribution in [0.15, 0.2) is 87.3 Å². The van der Waals surface area contributed by atoms with Crippen LogP contribution in [0.5, 0.6) is 0 Å². The number of sulfone groups is 1. The first-order chi connectivity index (χ1) is 17.4. The van der Waals surface area contributed by atoms with Crippen LogP contribution in [-0.2, 0) is 16.4 Å². The molecule has 0 radical (unpaired) electrons. The van der Waals surface area contributed by atoms with Crippen molar-refractivity contribution >= 4 is 32.6 Å². The average Bonchev–Trinajstić information content (AvgIpc) is 3.57. The molecule has 2 amide bonds. The largest absolute Gasteiger partial charge is 0.449 e. The third-order valence-electron chi connectivity index (χ3n) is 6.33. The van der Waals surface area contributed by atoms with E-state index in [0.29, 0.717) is 11.1 Å². The lowest BCUT2D eigenvalue weighted by molar-refractivity contribution is 0.0921. The molecule has 1 aliphatic carbocycles. The van der Waals surface area contributed by atoms with E-state index in [1.165, 1.54) is 24.3 Å². The molecule has 0 saturated heterocycles. The zero-order chi connectivity index (χ0) is 25.1. The average molecular weight is 504 g/mol. The first-order valence-corrected chi connectivity index (χ1v) is 13.3. The van der Waals surface area contributed by atoms with Crippen molar-refractivity contribution in [3.8, 4) is 0 Å². The summed E-state index contributed by atoms with van der Waals surface area (Å²) in [5.41, 5.74) is 1.57. The van der Waals surface area contributed by atoms with E-state index < -0.39 is 9.84 Å². The SMILES string of the molecule is O=C(NC1CCCC1)c1cccc(S(=O)(=O)c2ccc(CNC(=O)c3cc4ccncc4o3)cc2)c1. The van der Waals surface area contributed by atoms with Crippen LogP contribution in [0.3, 0.4) is 0 Å². The van der Waals surface area contributed by atoms with Crippen LogP contribution in [0, 0.1) is 0 Å². The highest BCUT2D eigenvalue weighted by molar-refractivity contribution is 7.91.